The second kappa shape index (κ2) is 18.3. The first kappa shape index (κ1) is 40.3. The third-order valence-electron chi connectivity index (χ3n) is 13.2. The summed E-state index contributed by atoms with van der Waals surface area (Å²) in [6, 6.07) is 97.7. The van der Waals surface area contributed by atoms with E-state index in [1.807, 2.05) is 0 Å². The van der Waals surface area contributed by atoms with Crippen LogP contribution in [0.3, 0.4) is 0 Å². The van der Waals surface area contributed by atoms with Crippen molar-refractivity contribution in [2.24, 2.45) is 0 Å². The van der Waals surface area contributed by atoms with Crippen molar-refractivity contribution < 1.29 is 0 Å². The molecule has 0 aliphatic rings. The molecular weight excluding hydrogens is 769 g/mol. The molecule has 0 saturated carbocycles. The second-order valence-electron chi connectivity index (χ2n) is 17.0. The fraction of sp³-hybridized carbons (Fsp3) is 0.0625. The van der Waals surface area contributed by atoms with Gasteiger partial charge in [0.25, 0.3) is 0 Å². The zero-order chi connectivity index (χ0) is 43.1. The maximum atomic E-state index is 2.37. The van der Waals surface area contributed by atoms with E-state index < -0.39 is 0 Å². The van der Waals surface area contributed by atoms with E-state index in [4.69, 9.17) is 0 Å². The summed E-state index contributed by atoms with van der Waals surface area (Å²) in [5, 5.41) is 0. The molecule has 0 radical (unpaired) electrons. The maximum Gasteiger partial charge on any atom is 0.0423 e. The van der Waals surface area contributed by atoms with Gasteiger partial charge in [0.05, 0.1) is 0 Å². The van der Waals surface area contributed by atoms with Crippen LogP contribution in [-0.4, -0.2) is 0 Å². The lowest BCUT2D eigenvalue weighted by Gasteiger charge is -2.32. The first-order valence-electron chi connectivity index (χ1n) is 22.4. The Morgan fingerprint density at radius 3 is 0.734 bits per heavy atom. The summed E-state index contributed by atoms with van der Waals surface area (Å²) in [7, 11) is 0. The molecule has 0 fully saturated rings. The van der Waals surface area contributed by atoms with Gasteiger partial charge in [-0.2, -0.15) is 0 Å². The first-order chi connectivity index (χ1) is 31.6. The van der Waals surface area contributed by atoms with E-state index in [-0.39, 0.29) is 11.3 Å². The number of hydrogen-bond acceptors (Lipinski definition) is 0. The van der Waals surface area contributed by atoms with Crippen LogP contribution in [0, 0.1) is 0 Å². The Morgan fingerprint density at radius 2 is 0.469 bits per heavy atom. The summed E-state index contributed by atoms with van der Waals surface area (Å²) in [6.45, 7) is 2.37. The lowest BCUT2D eigenvalue weighted by atomic mass is 9.70. The van der Waals surface area contributed by atoms with Gasteiger partial charge in [0.2, 0.25) is 0 Å². The van der Waals surface area contributed by atoms with Crippen LogP contribution in [0.1, 0.15) is 46.2 Å². The molecule has 0 N–H and O–H groups in total. The maximum absolute atomic E-state index is 2.37. The van der Waals surface area contributed by atoms with E-state index in [1.54, 1.807) is 0 Å². The molecule has 0 aromatic heterocycles. The van der Waals surface area contributed by atoms with Crippen LogP contribution in [0.15, 0.2) is 267 Å². The van der Waals surface area contributed by atoms with Gasteiger partial charge in [-0.15, -0.1) is 0 Å². The Bertz CT molecular complexity index is 2860. The third kappa shape index (κ3) is 8.52. The predicted molar refractivity (Wildman–Crippen MR) is 270 cm³/mol. The molecule has 0 spiro atoms. The highest BCUT2D eigenvalue weighted by atomic mass is 14.3. The summed E-state index contributed by atoms with van der Waals surface area (Å²) < 4.78 is 0. The average Bonchev–Trinajstić information content (AvgIpc) is 3.39. The molecule has 0 atom stereocenters. The summed E-state index contributed by atoms with van der Waals surface area (Å²) in [5.74, 6) is 0.209. The van der Waals surface area contributed by atoms with E-state index >= 15 is 0 Å². The van der Waals surface area contributed by atoms with Crippen LogP contribution in [0.5, 0.6) is 0 Å². The van der Waals surface area contributed by atoms with Gasteiger partial charge in [-0.25, -0.2) is 0 Å². The SMILES string of the molecule is CC(c1ccc(-c2ccccc2)cc1)(c1ccc(-c2ccccc2)cc1)c1ccc(-c2ccc(CC(c3ccc(-c4ccccc4)cc3)c3ccc(-c4ccccc4)cc3)cc2)cc1. The predicted octanol–water partition coefficient (Wildman–Crippen LogP) is 16.8. The molecule has 64 heavy (non-hydrogen) atoms. The highest BCUT2D eigenvalue weighted by molar-refractivity contribution is 5.70. The minimum atomic E-state index is -0.375. The molecule has 0 nitrogen and oxygen atoms in total. The quantitative estimate of drug-likeness (QED) is 0.108. The number of hydrogen-bond donors (Lipinski definition) is 0. The fourth-order valence-corrected chi connectivity index (χ4v) is 9.32. The monoisotopic (exact) mass is 818 g/mol. The molecule has 10 aromatic rings. The van der Waals surface area contributed by atoms with Crippen molar-refractivity contribution in [2.45, 2.75) is 24.7 Å². The number of rotatable bonds is 12. The van der Waals surface area contributed by atoms with Crippen molar-refractivity contribution in [1.82, 2.24) is 0 Å². The summed E-state index contributed by atoms with van der Waals surface area (Å²) in [6.07, 6.45) is 0.902. The Hall–Kier alpha value is -7.80. The van der Waals surface area contributed by atoms with E-state index in [0.29, 0.717) is 0 Å². The molecule has 0 heteroatoms. The Kier molecular flexibility index (Phi) is 11.5. The molecule has 0 amide bonds. The molecule has 0 unspecified atom stereocenters. The highest BCUT2D eigenvalue weighted by Gasteiger charge is 2.31. The standard InChI is InChI=1S/C64H50/c1-64(60-40-34-55(35-41-60)50-18-10-4-11-19-50,61-42-36-56(37-43-61)51-20-12-5-13-21-51)62-44-38-57(39-45-62)52-24-22-47(23-25-52)46-63(58-30-26-53(27-31-58)48-14-6-2-7-15-48)59-32-28-54(29-33-59)49-16-8-3-9-17-49/h2-45,63H,46H2,1H3. The van der Waals surface area contributed by atoms with E-state index in [9.17, 15) is 0 Å². The van der Waals surface area contributed by atoms with Crippen molar-refractivity contribution in [3.05, 3.63) is 300 Å². The fourth-order valence-electron chi connectivity index (χ4n) is 9.32. The Balaban J connectivity index is 0.936. The molecule has 0 heterocycles. The zero-order valence-corrected chi connectivity index (χ0v) is 36.2. The first-order valence-corrected chi connectivity index (χ1v) is 22.4. The molecule has 0 saturated heterocycles. The molecule has 306 valence electrons. The minimum Gasteiger partial charge on any atom is -0.0622 e. The average molecular weight is 819 g/mol. The van der Waals surface area contributed by atoms with Gasteiger partial charge in [-0.1, -0.05) is 267 Å². The van der Waals surface area contributed by atoms with Gasteiger partial charge >= 0.3 is 0 Å². The molecular formula is C64H50. The van der Waals surface area contributed by atoms with E-state index in [0.717, 1.165) is 6.42 Å². The molecule has 0 aliphatic carbocycles. The lowest BCUT2D eigenvalue weighted by molar-refractivity contribution is 0.693. The third-order valence-corrected chi connectivity index (χ3v) is 13.2. The van der Waals surface area contributed by atoms with Crippen molar-refractivity contribution in [3.8, 4) is 55.6 Å². The van der Waals surface area contributed by atoms with Gasteiger partial charge in [-0.05, 0) is 102 Å². The molecule has 10 aromatic carbocycles. The van der Waals surface area contributed by atoms with E-state index in [2.05, 4.69) is 274 Å². The summed E-state index contributed by atoms with van der Waals surface area (Å²) in [5.41, 5.74) is 19.6. The van der Waals surface area contributed by atoms with Crippen LogP contribution in [0.2, 0.25) is 0 Å². The van der Waals surface area contributed by atoms with Crippen LogP contribution >= 0.6 is 0 Å². The second-order valence-corrected chi connectivity index (χ2v) is 17.0. The van der Waals surface area contributed by atoms with Gasteiger partial charge in [0.15, 0.2) is 0 Å². The van der Waals surface area contributed by atoms with Gasteiger partial charge in [0, 0.05) is 11.3 Å². The van der Waals surface area contributed by atoms with Gasteiger partial charge in [-0.3, -0.25) is 0 Å². The van der Waals surface area contributed by atoms with Gasteiger partial charge in [0.1, 0.15) is 0 Å². The molecule has 0 bridgehead atoms. The summed E-state index contributed by atoms with van der Waals surface area (Å²) in [4.78, 5) is 0. The van der Waals surface area contributed by atoms with Crippen molar-refractivity contribution in [2.75, 3.05) is 0 Å². The van der Waals surface area contributed by atoms with Crippen LogP contribution in [0.25, 0.3) is 55.6 Å². The Morgan fingerprint density at radius 1 is 0.250 bits per heavy atom. The summed E-state index contributed by atoms with van der Waals surface area (Å²) >= 11 is 0. The molecule has 0 aliphatic heterocycles. The normalized spacial score (nSPS) is 11.4. The smallest absolute Gasteiger partial charge is 0.0423 e. The van der Waals surface area contributed by atoms with Crippen LogP contribution < -0.4 is 0 Å². The minimum absolute atomic E-state index is 0.209. The van der Waals surface area contributed by atoms with E-state index in [1.165, 1.54) is 89.0 Å². The molecule has 10 rings (SSSR count). The largest absolute Gasteiger partial charge is 0.0622 e. The van der Waals surface area contributed by atoms with Crippen LogP contribution in [0.4, 0.5) is 0 Å². The number of benzene rings is 10. The zero-order valence-electron chi connectivity index (χ0n) is 36.2. The van der Waals surface area contributed by atoms with Crippen molar-refractivity contribution in [3.63, 3.8) is 0 Å². The topological polar surface area (TPSA) is 0 Å². The Labute approximate surface area is 378 Å². The van der Waals surface area contributed by atoms with Gasteiger partial charge < -0.3 is 0 Å². The van der Waals surface area contributed by atoms with Crippen molar-refractivity contribution >= 4 is 0 Å². The van der Waals surface area contributed by atoms with Crippen LogP contribution in [-0.2, 0) is 11.8 Å². The van der Waals surface area contributed by atoms with Crippen molar-refractivity contribution in [1.29, 1.82) is 0 Å². The highest BCUT2D eigenvalue weighted by Crippen LogP contribution is 2.41. The lowest BCUT2D eigenvalue weighted by Crippen LogP contribution is -2.25.